The molecule has 0 spiro atoms. The van der Waals surface area contributed by atoms with E-state index >= 15 is 0 Å². The highest BCUT2D eigenvalue weighted by atomic mass is 79.9. The Morgan fingerprint density at radius 3 is 2.85 bits per heavy atom. The smallest absolute Gasteiger partial charge is 0.261 e. The number of hydrogen-bond donors (Lipinski definition) is 0. The van der Waals surface area contributed by atoms with Gasteiger partial charge in [0.1, 0.15) is 5.82 Å². The molecule has 0 atom stereocenters. The van der Waals surface area contributed by atoms with E-state index in [-0.39, 0.29) is 11.5 Å². The monoisotopic (exact) mass is 333 g/mol. The maximum atomic E-state index is 14.0. The molecule has 4 heteroatoms. The molecule has 0 fully saturated rings. The molecule has 102 valence electrons. The maximum absolute atomic E-state index is 14.0. The fourth-order valence-corrected chi connectivity index (χ4v) is 3.00. The van der Waals surface area contributed by atoms with Crippen LogP contribution in [0, 0.1) is 12.7 Å². The van der Waals surface area contributed by atoms with Crippen molar-refractivity contribution in [3.8, 4) is 0 Å². The second-order valence-corrected chi connectivity index (χ2v) is 5.83. The lowest BCUT2D eigenvalue weighted by Crippen LogP contribution is -2.30. The van der Waals surface area contributed by atoms with Crippen LogP contribution in [0.2, 0.25) is 0 Å². The second kappa shape index (κ2) is 5.02. The summed E-state index contributed by atoms with van der Waals surface area (Å²) in [6, 6.07) is 10.5. The SMILES string of the molecule is Cc1cccc2c1N(C(=O)c1ccc(Br)cc1F)CC2. The molecule has 2 aromatic carbocycles. The number of para-hydroxylation sites is 1. The van der Waals surface area contributed by atoms with E-state index in [0.29, 0.717) is 11.0 Å². The number of fused-ring (bicyclic) bond motifs is 1. The first-order valence-corrected chi connectivity index (χ1v) is 7.22. The molecule has 0 aliphatic carbocycles. The second-order valence-electron chi connectivity index (χ2n) is 4.91. The van der Waals surface area contributed by atoms with Crippen molar-refractivity contribution in [1.29, 1.82) is 0 Å². The number of anilines is 1. The van der Waals surface area contributed by atoms with Crippen LogP contribution < -0.4 is 4.90 Å². The van der Waals surface area contributed by atoms with Gasteiger partial charge in [-0.15, -0.1) is 0 Å². The Morgan fingerprint density at radius 1 is 1.30 bits per heavy atom. The molecule has 0 saturated heterocycles. The number of benzene rings is 2. The van der Waals surface area contributed by atoms with Gasteiger partial charge in [-0.3, -0.25) is 4.79 Å². The fraction of sp³-hybridized carbons (Fsp3) is 0.188. The summed E-state index contributed by atoms with van der Waals surface area (Å²) in [4.78, 5) is 14.2. The number of carbonyl (C=O) groups excluding carboxylic acids is 1. The van der Waals surface area contributed by atoms with E-state index in [9.17, 15) is 9.18 Å². The molecule has 0 bridgehead atoms. The topological polar surface area (TPSA) is 20.3 Å². The molecule has 1 aliphatic rings. The van der Waals surface area contributed by atoms with Gasteiger partial charge in [-0.25, -0.2) is 4.39 Å². The lowest BCUT2D eigenvalue weighted by molar-refractivity contribution is 0.0985. The summed E-state index contributed by atoms with van der Waals surface area (Å²) in [5.41, 5.74) is 3.24. The van der Waals surface area contributed by atoms with Gasteiger partial charge < -0.3 is 4.90 Å². The third-order valence-corrected chi connectivity index (χ3v) is 4.10. The van der Waals surface area contributed by atoms with Gasteiger partial charge in [0, 0.05) is 11.0 Å². The van der Waals surface area contributed by atoms with Gasteiger partial charge in [0.05, 0.1) is 11.3 Å². The van der Waals surface area contributed by atoms with Crippen molar-refractivity contribution in [3.63, 3.8) is 0 Å². The number of aryl methyl sites for hydroxylation is 1. The number of amides is 1. The van der Waals surface area contributed by atoms with Gasteiger partial charge in [0.25, 0.3) is 5.91 Å². The molecule has 20 heavy (non-hydrogen) atoms. The van der Waals surface area contributed by atoms with Crippen molar-refractivity contribution in [2.24, 2.45) is 0 Å². The quantitative estimate of drug-likeness (QED) is 0.769. The van der Waals surface area contributed by atoms with Crippen LogP contribution in [0.25, 0.3) is 0 Å². The van der Waals surface area contributed by atoms with Crippen LogP contribution in [-0.2, 0) is 6.42 Å². The zero-order valence-corrected chi connectivity index (χ0v) is 12.6. The molecule has 1 amide bonds. The first-order chi connectivity index (χ1) is 9.58. The van der Waals surface area contributed by atoms with Crippen LogP contribution in [-0.4, -0.2) is 12.5 Å². The molecular weight excluding hydrogens is 321 g/mol. The maximum Gasteiger partial charge on any atom is 0.261 e. The molecule has 2 aromatic rings. The van der Waals surface area contributed by atoms with E-state index in [2.05, 4.69) is 15.9 Å². The predicted molar refractivity (Wildman–Crippen MR) is 80.7 cm³/mol. The zero-order chi connectivity index (χ0) is 14.3. The molecule has 0 N–H and O–H groups in total. The molecule has 0 radical (unpaired) electrons. The van der Waals surface area contributed by atoms with Gasteiger partial charge in [-0.2, -0.15) is 0 Å². The van der Waals surface area contributed by atoms with E-state index < -0.39 is 5.82 Å². The van der Waals surface area contributed by atoms with Crippen LogP contribution in [0.3, 0.4) is 0 Å². The largest absolute Gasteiger partial charge is 0.307 e. The van der Waals surface area contributed by atoms with Crippen molar-refractivity contribution >= 4 is 27.5 Å². The van der Waals surface area contributed by atoms with Gasteiger partial charge in [0.15, 0.2) is 0 Å². The van der Waals surface area contributed by atoms with Crippen molar-refractivity contribution in [2.75, 3.05) is 11.4 Å². The number of halogens is 2. The highest BCUT2D eigenvalue weighted by molar-refractivity contribution is 9.10. The zero-order valence-electron chi connectivity index (χ0n) is 11.0. The molecule has 1 heterocycles. The standard InChI is InChI=1S/C16H13BrFNO/c1-10-3-2-4-11-7-8-19(15(10)11)16(20)13-6-5-12(17)9-14(13)18/h2-6,9H,7-8H2,1H3. The van der Waals surface area contributed by atoms with E-state index in [1.165, 1.54) is 12.1 Å². The summed E-state index contributed by atoms with van der Waals surface area (Å²) in [5.74, 6) is -0.769. The first kappa shape index (κ1) is 13.3. The van der Waals surface area contributed by atoms with Crippen molar-refractivity contribution in [1.82, 2.24) is 0 Å². The molecule has 0 aromatic heterocycles. The van der Waals surface area contributed by atoms with Gasteiger partial charge in [-0.05, 0) is 42.7 Å². The van der Waals surface area contributed by atoms with Crippen LogP contribution in [0.1, 0.15) is 21.5 Å². The van der Waals surface area contributed by atoms with E-state index in [0.717, 1.165) is 23.2 Å². The summed E-state index contributed by atoms with van der Waals surface area (Å²) in [5, 5.41) is 0. The summed E-state index contributed by atoms with van der Waals surface area (Å²) in [7, 11) is 0. The Bertz CT molecular complexity index is 699. The Balaban J connectivity index is 2.02. The van der Waals surface area contributed by atoms with Crippen LogP contribution in [0.4, 0.5) is 10.1 Å². The predicted octanol–water partition coefficient (Wildman–Crippen LogP) is 4.10. The van der Waals surface area contributed by atoms with Gasteiger partial charge in [-0.1, -0.05) is 34.1 Å². The first-order valence-electron chi connectivity index (χ1n) is 6.43. The van der Waals surface area contributed by atoms with Crippen LogP contribution >= 0.6 is 15.9 Å². The van der Waals surface area contributed by atoms with E-state index in [1.54, 1.807) is 11.0 Å². The van der Waals surface area contributed by atoms with Gasteiger partial charge >= 0.3 is 0 Å². The lowest BCUT2D eigenvalue weighted by atomic mass is 10.1. The number of nitrogens with zero attached hydrogens (tertiary/aromatic N) is 1. The average molecular weight is 334 g/mol. The minimum atomic E-state index is -0.494. The molecule has 0 unspecified atom stereocenters. The molecular formula is C16H13BrFNO. The number of carbonyl (C=O) groups is 1. The summed E-state index contributed by atoms with van der Waals surface area (Å²) in [6.45, 7) is 2.58. The number of rotatable bonds is 1. The highest BCUT2D eigenvalue weighted by Crippen LogP contribution is 2.33. The summed E-state index contributed by atoms with van der Waals surface area (Å²) >= 11 is 3.20. The van der Waals surface area contributed by atoms with E-state index in [4.69, 9.17) is 0 Å². The molecule has 0 saturated carbocycles. The fourth-order valence-electron chi connectivity index (χ4n) is 2.66. The Hall–Kier alpha value is -1.68. The Labute approximate surface area is 125 Å². The van der Waals surface area contributed by atoms with Crippen LogP contribution in [0.15, 0.2) is 40.9 Å². The highest BCUT2D eigenvalue weighted by Gasteiger charge is 2.28. The summed E-state index contributed by atoms with van der Waals surface area (Å²) < 4.78 is 14.6. The lowest BCUT2D eigenvalue weighted by Gasteiger charge is -2.19. The van der Waals surface area contributed by atoms with Crippen molar-refractivity contribution in [3.05, 3.63) is 63.4 Å². The van der Waals surface area contributed by atoms with Crippen LogP contribution in [0.5, 0.6) is 0 Å². The Kier molecular flexibility index (Phi) is 3.34. The molecule has 1 aliphatic heterocycles. The molecule has 3 rings (SSSR count). The van der Waals surface area contributed by atoms with Crippen molar-refractivity contribution in [2.45, 2.75) is 13.3 Å². The van der Waals surface area contributed by atoms with Gasteiger partial charge in [0.2, 0.25) is 0 Å². The average Bonchev–Trinajstić information content (AvgIpc) is 2.83. The van der Waals surface area contributed by atoms with Crippen molar-refractivity contribution < 1.29 is 9.18 Å². The number of hydrogen-bond acceptors (Lipinski definition) is 1. The normalized spacial score (nSPS) is 13.4. The summed E-state index contributed by atoms with van der Waals surface area (Å²) in [6.07, 6.45) is 0.820. The minimum Gasteiger partial charge on any atom is -0.307 e. The molecule has 2 nitrogen and oxygen atoms in total. The third-order valence-electron chi connectivity index (χ3n) is 3.60. The van der Waals surface area contributed by atoms with E-state index in [1.807, 2.05) is 25.1 Å². The third kappa shape index (κ3) is 2.14. The Morgan fingerprint density at radius 2 is 2.10 bits per heavy atom. The minimum absolute atomic E-state index is 0.115.